The second-order valence-electron chi connectivity index (χ2n) is 5.62. The Morgan fingerprint density at radius 1 is 1.05 bits per heavy atom. The molecule has 2 N–H and O–H groups in total. The van der Waals surface area contributed by atoms with Crippen molar-refractivity contribution >= 4 is 5.91 Å². The number of benzene rings is 1. The van der Waals surface area contributed by atoms with E-state index in [0.29, 0.717) is 0 Å². The van der Waals surface area contributed by atoms with Crippen LogP contribution in [0.15, 0.2) is 18.2 Å². The number of amides is 1. The first kappa shape index (κ1) is 15.7. The van der Waals surface area contributed by atoms with Crippen molar-refractivity contribution < 1.29 is 4.79 Å². The third-order valence-corrected chi connectivity index (χ3v) is 3.36. The van der Waals surface area contributed by atoms with Gasteiger partial charge in [-0.25, -0.2) is 0 Å². The van der Waals surface area contributed by atoms with Crippen LogP contribution in [0.2, 0.25) is 0 Å². The minimum Gasteiger partial charge on any atom is -0.353 e. The highest BCUT2D eigenvalue weighted by Gasteiger charge is 2.16. The minimum absolute atomic E-state index is 0.0469. The monoisotopic (exact) mass is 262 g/mol. The average Bonchev–Trinajstić information content (AvgIpc) is 2.31. The molecule has 3 heteroatoms. The van der Waals surface area contributed by atoms with Crippen molar-refractivity contribution in [3.8, 4) is 0 Å². The van der Waals surface area contributed by atoms with E-state index < -0.39 is 0 Å². The number of aryl methyl sites for hydroxylation is 2. The number of hydrogen-bond acceptors (Lipinski definition) is 2. The normalized spacial score (nSPS) is 14.3. The molecule has 1 rings (SSSR count). The van der Waals surface area contributed by atoms with Crippen LogP contribution in [-0.4, -0.2) is 18.0 Å². The lowest BCUT2D eigenvalue weighted by atomic mass is 10.0. The van der Waals surface area contributed by atoms with Crippen LogP contribution in [-0.2, 0) is 4.79 Å². The van der Waals surface area contributed by atoms with E-state index in [1.54, 1.807) is 0 Å². The zero-order chi connectivity index (χ0) is 14.6. The molecule has 1 amide bonds. The van der Waals surface area contributed by atoms with E-state index in [4.69, 9.17) is 0 Å². The van der Waals surface area contributed by atoms with Gasteiger partial charge in [0, 0.05) is 12.1 Å². The molecule has 19 heavy (non-hydrogen) atoms. The maximum atomic E-state index is 11.9. The Bertz CT molecular complexity index is 440. The molecule has 0 spiro atoms. The summed E-state index contributed by atoms with van der Waals surface area (Å²) in [5.74, 6) is 0.0469. The fourth-order valence-corrected chi connectivity index (χ4v) is 1.99. The summed E-state index contributed by atoms with van der Waals surface area (Å²) in [4.78, 5) is 11.9. The lowest BCUT2D eigenvalue weighted by molar-refractivity contribution is -0.123. The smallest absolute Gasteiger partial charge is 0.237 e. The highest BCUT2D eigenvalue weighted by atomic mass is 16.2. The van der Waals surface area contributed by atoms with E-state index in [2.05, 4.69) is 49.6 Å². The molecule has 1 aromatic carbocycles. The first-order valence-electron chi connectivity index (χ1n) is 6.94. The molecule has 2 atom stereocenters. The van der Waals surface area contributed by atoms with E-state index in [-0.39, 0.29) is 24.0 Å². The van der Waals surface area contributed by atoms with Gasteiger partial charge in [-0.05, 0) is 58.2 Å². The lowest BCUT2D eigenvalue weighted by Gasteiger charge is -2.21. The van der Waals surface area contributed by atoms with Gasteiger partial charge in [0.15, 0.2) is 0 Å². The van der Waals surface area contributed by atoms with E-state index in [1.165, 1.54) is 16.7 Å². The van der Waals surface area contributed by atoms with Crippen molar-refractivity contribution in [2.45, 2.75) is 59.7 Å². The predicted molar refractivity (Wildman–Crippen MR) is 80.2 cm³/mol. The van der Waals surface area contributed by atoms with Crippen LogP contribution in [0.4, 0.5) is 0 Å². The topological polar surface area (TPSA) is 41.1 Å². The Balaban J connectivity index is 2.65. The zero-order valence-corrected chi connectivity index (χ0v) is 12.9. The van der Waals surface area contributed by atoms with E-state index in [9.17, 15) is 4.79 Å². The Morgan fingerprint density at radius 2 is 1.68 bits per heavy atom. The van der Waals surface area contributed by atoms with Gasteiger partial charge in [0.1, 0.15) is 0 Å². The number of carbonyl (C=O) groups is 1. The summed E-state index contributed by atoms with van der Waals surface area (Å²) in [6.45, 7) is 12.1. The van der Waals surface area contributed by atoms with Gasteiger partial charge in [0.2, 0.25) is 5.91 Å². The molecular weight excluding hydrogens is 236 g/mol. The van der Waals surface area contributed by atoms with E-state index >= 15 is 0 Å². The molecule has 0 heterocycles. The van der Waals surface area contributed by atoms with Gasteiger partial charge in [0.25, 0.3) is 0 Å². The maximum absolute atomic E-state index is 11.9. The van der Waals surface area contributed by atoms with Gasteiger partial charge >= 0.3 is 0 Å². The molecule has 0 aliphatic rings. The van der Waals surface area contributed by atoms with Gasteiger partial charge in [-0.2, -0.15) is 0 Å². The Morgan fingerprint density at radius 3 is 2.21 bits per heavy atom. The van der Waals surface area contributed by atoms with E-state index in [1.807, 2.05) is 20.8 Å². The lowest BCUT2D eigenvalue weighted by Crippen LogP contribution is -2.45. The summed E-state index contributed by atoms with van der Waals surface area (Å²) in [6.07, 6.45) is 0. The summed E-state index contributed by atoms with van der Waals surface area (Å²) < 4.78 is 0. The highest BCUT2D eigenvalue weighted by Crippen LogP contribution is 2.17. The minimum atomic E-state index is -0.195. The summed E-state index contributed by atoms with van der Waals surface area (Å²) in [5.41, 5.74) is 3.79. The largest absolute Gasteiger partial charge is 0.353 e. The summed E-state index contributed by atoms with van der Waals surface area (Å²) in [6, 6.07) is 6.56. The van der Waals surface area contributed by atoms with Gasteiger partial charge in [-0.1, -0.05) is 18.2 Å². The molecule has 3 nitrogen and oxygen atoms in total. The molecule has 0 fully saturated rings. The zero-order valence-electron chi connectivity index (χ0n) is 12.9. The Kier molecular flexibility index (Phi) is 5.55. The first-order valence-corrected chi connectivity index (χ1v) is 6.94. The van der Waals surface area contributed by atoms with Crippen molar-refractivity contribution in [1.82, 2.24) is 10.6 Å². The van der Waals surface area contributed by atoms with Crippen LogP contribution >= 0.6 is 0 Å². The van der Waals surface area contributed by atoms with Crippen LogP contribution in [0.3, 0.4) is 0 Å². The van der Waals surface area contributed by atoms with Crippen molar-refractivity contribution in [1.29, 1.82) is 0 Å². The third kappa shape index (κ3) is 4.67. The molecule has 0 aliphatic heterocycles. The van der Waals surface area contributed by atoms with Crippen LogP contribution in [0, 0.1) is 13.8 Å². The molecule has 0 bridgehead atoms. The molecule has 0 aliphatic carbocycles. The fraction of sp³-hybridized carbons (Fsp3) is 0.562. The third-order valence-electron chi connectivity index (χ3n) is 3.36. The molecule has 0 saturated carbocycles. The quantitative estimate of drug-likeness (QED) is 0.856. The second-order valence-corrected chi connectivity index (χ2v) is 5.62. The first-order chi connectivity index (χ1) is 8.81. The molecule has 0 aromatic heterocycles. The number of rotatable bonds is 5. The standard InChI is InChI=1S/C16H26N2O/c1-10(2)17-16(19)14(6)18-13(5)15-8-7-11(3)12(4)9-15/h7-10,13-14,18H,1-6H3,(H,17,19). The van der Waals surface area contributed by atoms with Crippen LogP contribution < -0.4 is 10.6 Å². The number of hydrogen-bond donors (Lipinski definition) is 2. The average molecular weight is 262 g/mol. The molecule has 1 aromatic rings. The molecular formula is C16H26N2O. The van der Waals surface area contributed by atoms with Crippen molar-refractivity contribution in [2.75, 3.05) is 0 Å². The second kappa shape index (κ2) is 6.71. The van der Waals surface area contributed by atoms with E-state index in [0.717, 1.165) is 0 Å². The van der Waals surface area contributed by atoms with Crippen molar-refractivity contribution in [3.05, 3.63) is 34.9 Å². The van der Waals surface area contributed by atoms with Gasteiger partial charge in [0.05, 0.1) is 6.04 Å². The SMILES string of the molecule is Cc1ccc(C(C)NC(C)C(=O)NC(C)C)cc1C. The maximum Gasteiger partial charge on any atom is 0.237 e. The van der Waals surface area contributed by atoms with Crippen LogP contribution in [0.5, 0.6) is 0 Å². The van der Waals surface area contributed by atoms with Crippen molar-refractivity contribution in [3.63, 3.8) is 0 Å². The predicted octanol–water partition coefficient (Wildman–Crippen LogP) is 2.87. The highest BCUT2D eigenvalue weighted by molar-refractivity contribution is 5.81. The van der Waals surface area contributed by atoms with Crippen LogP contribution in [0.25, 0.3) is 0 Å². The number of nitrogens with one attached hydrogen (secondary N) is 2. The Hall–Kier alpha value is -1.35. The molecule has 0 saturated heterocycles. The van der Waals surface area contributed by atoms with Crippen molar-refractivity contribution in [2.24, 2.45) is 0 Å². The summed E-state index contributed by atoms with van der Waals surface area (Å²) >= 11 is 0. The van der Waals surface area contributed by atoms with Gasteiger partial charge in [-0.3, -0.25) is 10.1 Å². The number of carbonyl (C=O) groups excluding carboxylic acids is 1. The van der Waals surface area contributed by atoms with Gasteiger partial charge in [-0.15, -0.1) is 0 Å². The summed E-state index contributed by atoms with van der Waals surface area (Å²) in [7, 11) is 0. The Labute approximate surface area is 116 Å². The molecule has 0 radical (unpaired) electrons. The van der Waals surface area contributed by atoms with Gasteiger partial charge < -0.3 is 5.32 Å². The molecule has 2 unspecified atom stereocenters. The van der Waals surface area contributed by atoms with Crippen LogP contribution in [0.1, 0.15) is 50.4 Å². The summed E-state index contributed by atoms with van der Waals surface area (Å²) in [5, 5.41) is 6.25. The fourth-order valence-electron chi connectivity index (χ4n) is 1.99. The molecule has 106 valence electrons.